The van der Waals surface area contributed by atoms with Crippen LogP contribution < -0.4 is 0 Å². The molecule has 0 aliphatic rings. The Kier molecular flexibility index (Phi) is 3.31. The van der Waals surface area contributed by atoms with E-state index in [4.69, 9.17) is 14.9 Å². The van der Waals surface area contributed by atoms with Gasteiger partial charge < -0.3 is 4.42 Å². The quantitative estimate of drug-likeness (QED) is 0.732. The van der Waals surface area contributed by atoms with E-state index in [-0.39, 0.29) is 5.92 Å². The van der Waals surface area contributed by atoms with Crippen molar-refractivity contribution in [3.63, 3.8) is 0 Å². The average Bonchev–Trinajstić information content (AvgIpc) is 2.61. The molecule has 0 aromatic carbocycles. The molecule has 1 aromatic heterocycles. The van der Waals surface area contributed by atoms with Crippen LogP contribution in [0.15, 0.2) is 16.7 Å². The fourth-order valence-electron chi connectivity index (χ4n) is 1.37. The van der Waals surface area contributed by atoms with Crippen molar-refractivity contribution in [1.82, 2.24) is 0 Å². The lowest BCUT2D eigenvalue weighted by molar-refractivity contribution is 0.398. The zero-order valence-corrected chi connectivity index (χ0v) is 8.32. The Balaban J connectivity index is 2.90. The molecule has 0 aliphatic carbocycles. The predicted octanol–water partition coefficient (Wildman–Crippen LogP) is 2.80. The molecule has 72 valence electrons. The highest BCUT2D eigenvalue weighted by atomic mass is 16.3. The lowest BCUT2D eigenvalue weighted by Gasteiger charge is -2.14. The van der Waals surface area contributed by atoms with Gasteiger partial charge in [0.2, 0.25) is 0 Å². The van der Waals surface area contributed by atoms with E-state index in [1.54, 1.807) is 6.07 Å². The van der Waals surface area contributed by atoms with Gasteiger partial charge in [0.1, 0.15) is 18.1 Å². The molecule has 14 heavy (non-hydrogen) atoms. The minimum atomic E-state index is 0.0853. The molecule has 0 aliphatic heterocycles. The number of nitrogens with zero attached hydrogens (tertiary/aromatic N) is 2. The molecular weight excluding hydrogens is 176 g/mol. The van der Waals surface area contributed by atoms with Crippen molar-refractivity contribution < 1.29 is 4.42 Å². The van der Waals surface area contributed by atoms with Gasteiger partial charge in [0.05, 0.1) is 11.6 Å². The van der Waals surface area contributed by atoms with Crippen LogP contribution in [0.1, 0.15) is 37.5 Å². The van der Waals surface area contributed by atoms with Crippen LogP contribution in [-0.2, 0) is 0 Å². The van der Waals surface area contributed by atoms with Gasteiger partial charge in [0.25, 0.3) is 0 Å². The molecule has 0 amide bonds. The lowest BCUT2D eigenvalue weighted by Crippen LogP contribution is -2.04. The predicted molar refractivity (Wildman–Crippen MR) is 51.2 cm³/mol. The van der Waals surface area contributed by atoms with Crippen LogP contribution in [0.4, 0.5) is 0 Å². The summed E-state index contributed by atoms with van der Waals surface area (Å²) in [5.41, 5.74) is 0.517. The van der Waals surface area contributed by atoms with Gasteiger partial charge in [-0.2, -0.15) is 10.5 Å². The van der Waals surface area contributed by atoms with Crippen LogP contribution in [0.2, 0.25) is 0 Å². The van der Waals surface area contributed by atoms with Gasteiger partial charge >= 0.3 is 0 Å². The van der Waals surface area contributed by atoms with E-state index in [0.29, 0.717) is 17.9 Å². The monoisotopic (exact) mass is 188 g/mol. The summed E-state index contributed by atoms with van der Waals surface area (Å²) in [6, 6.07) is 5.85. The zero-order valence-electron chi connectivity index (χ0n) is 8.32. The third-order valence-corrected chi connectivity index (χ3v) is 2.23. The Bertz CT molecular complexity index is 379. The molecule has 3 heteroatoms. The van der Waals surface area contributed by atoms with Crippen molar-refractivity contribution in [3.8, 4) is 12.1 Å². The maximum Gasteiger partial charge on any atom is 0.109 e. The van der Waals surface area contributed by atoms with Crippen molar-refractivity contribution in [2.45, 2.75) is 26.2 Å². The molecular formula is C11H12N2O. The largest absolute Gasteiger partial charge is 0.468 e. The normalized spacial score (nSPS) is 12.1. The van der Waals surface area contributed by atoms with Gasteiger partial charge in [-0.15, -0.1) is 0 Å². The highest BCUT2D eigenvalue weighted by Gasteiger charge is 2.19. The second-order valence-corrected chi connectivity index (χ2v) is 3.56. The summed E-state index contributed by atoms with van der Waals surface area (Å²) in [6.45, 7) is 4.08. The standard InChI is InChI=1S/C11H12N2O/c1-8(2)10(3-4-12)11-5-9(6-13)7-14-11/h5,7-8,10H,3H2,1-2H3. The molecule has 1 aromatic rings. The first-order valence-electron chi connectivity index (χ1n) is 4.54. The van der Waals surface area contributed by atoms with Crippen LogP contribution in [0.3, 0.4) is 0 Å². The summed E-state index contributed by atoms with van der Waals surface area (Å²) in [5, 5.41) is 17.3. The SMILES string of the molecule is CC(C)C(CC#N)c1cc(C#N)co1. The summed E-state index contributed by atoms with van der Waals surface area (Å²) in [5.74, 6) is 1.16. The van der Waals surface area contributed by atoms with Crippen molar-refractivity contribution >= 4 is 0 Å². The van der Waals surface area contributed by atoms with E-state index in [0.717, 1.165) is 5.76 Å². The Morgan fingerprint density at radius 2 is 2.14 bits per heavy atom. The zero-order chi connectivity index (χ0) is 10.6. The fraction of sp³-hybridized carbons (Fsp3) is 0.455. The Hall–Kier alpha value is -1.74. The Morgan fingerprint density at radius 3 is 2.57 bits per heavy atom. The lowest BCUT2D eigenvalue weighted by atomic mass is 9.90. The van der Waals surface area contributed by atoms with E-state index >= 15 is 0 Å². The van der Waals surface area contributed by atoms with Gasteiger partial charge in [-0.25, -0.2) is 0 Å². The maximum atomic E-state index is 8.65. The summed E-state index contributed by atoms with van der Waals surface area (Å²) >= 11 is 0. The topological polar surface area (TPSA) is 60.7 Å². The van der Waals surface area contributed by atoms with Crippen molar-refractivity contribution in [2.75, 3.05) is 0 Å². The smallest absolute Gasteiger partial charge is 0.109 e. The molecule has 1 rings (SSSR count). The van der Waals surface area contributed by atoms with Gasteiger partial charge in [0, 0.05) is 12.3 Å². The van der Waals surface area contributed by atoms with E-state index in [9.17, 15) is 0 Å². The minimum absolute atomic E-state index is 0.0853. The molecule has 0 saturated carbocycles. The number of nitriles is 2. The molecule has 3 nitrogen and oxygen atoms in total. The van der Waals surface area contributed by atoms with Gasteiger partial charge in [-0.3, -0.25) is 0 Å². The average molecular weight is 188 g/mol. The van der Waals surface area contributed by atoms with Crippen LogP contribution in [0.5, 0.6) is 0 Å². The fourth-order valence-corrected chi connectivity index (χ4v) is 1.37. The van der Waals surface area contributed by atoms with Gasteiger partial charge in [-0.1, -0.05) is 13.8 Å². The third kappa shape index (κ3) is 2.14. The van der Waals surface area contributed by atoms with E-state index in [2.05, 4.69) is 6.07 Å². The summed E-state index contributed by atoms with van der Waals surface area (Å²) in [7, 11) is 0. The maximum absolute atomic E-state index is 8.65. The number of hydrogen-bond acceptors (Lipinski definition) is 3. The molecule has 0 radical (unpaired) electrons. The second kappa shape index (κ2) is 4.48. The van der Waals surface area contributed by atoms with Gasteiger partial charge in [-0.05, 0) is 12.0 Å². The van der Waals surface area contributed by atoms with E-state index in [1.807, 2.05) is 19.9 Å². The number of hydrogen-bond donors (Lipinski definition) is 0. The molecule has 0 bridgehead atoms. The first kappa shape index (κ1) is 10.3. The highest BCUT2D eigenvalue weighted by Crippen LogP contribution is 2.28. The number of rotatable bonds is 3. The van der Waals surface area contributed by atoms with Crippen LogP contribution >= 0.6 is 0 Å². The first-order chi connectivity index (χ1) is 6.69. The number of furan rings is 1. The van der Waals surface area contributed by atoms with Crippen LogP contribution in [0.25, 0.3) is 0 Å². The molecule has 0 N–H and O–H groups in total. The van der Waals surface area contributed by atoms with Crippen LogP contribution in [-0.4, -0.2) is 0 Å². The van der Waals surface area contributed by atoms with Gasteiger partial charge in [0.15, 0.2) is 0 Å². The Morgan fingerprint density at radius 1 is 1.43 bits per heavy atom. The Labute approximate surface area is 83.6 Å². The first-order valence-corrected chi connectivity index (χ1v) is 4.54. The minimum Gasteiger partial charge on any atom is -0.468 e. The molecule has 0 saturated heterocycles. The van der Waals surface area contributed by atoms with E-state index in [1.165, 1.54) is 6.26 Å². The highest BCUT2D eigenvalue weighted by molar-refractivity contribution is 5.28. The summed E-state index contributed by atoms with van der Waals surface area (Å²) in [4.78, 5) is 0. The van der Waals surface area contributed by atoms with Crippen LogP contribution in [0, 0.1) is 28.6 Å². The second-order valence-electron chi connectivity index (χ2n) is 3.56. The molecule has 1 unspecified atom stereocenters. The van der Waals surface area contributed by atoms with Crippen molar-refractivity contribution in [3.05, 3.63) is 23.7 Å². The summed E-state index contributed by atoms with van der Waals surface area (Å²) < 4.78 is 5.26. The molecule has 0 fully saturated rings. The third-order valence-electron chi connectivity index (χ3n) is 2.23. The summed E-state index contributed by atoms with van der Waals surface area (Å²) in [6.07, 6.45) is 1.86. The molecule has 0 spiro atoms. The van der Waals surface area contributed by atoms with Crippen molar-refractivity contribution in [2.24, 2.45) is 5.92 Å². The molecule has 1 atom stereocenters. The van der Waals surface area contributed by atoms with Crippen molar-refractivity contribution in [1.29, 1.82) is 10.5 Å². The van der Waals surface area contributed by atoms with E-state index < -0.39 is 0 Å². The molecule has 1 heterocycles.